The van der Waals surface area contributed by atoms with Crippen LogP contribution in [0.3, 0.4) is 0 Å². The number of ether oxygens (including phenoxy) is 1. The van der Waals surface area contributed by atoms with Crippen LogP contribution in [-0.2, 0) is 16.1 Å². The van der Waals surface area contributed by atoms with Crippen LogP contribution in [0.5, 0.6) is 5.75 Å². The van der Waals surface area contributed by atoms with Crippen LogP contribution in [0.25, 0.3) is 0 Å². The molecule has 1 aromatic heterocycles. The fourth-order valence-electron chi connectivity index (χ4n) is 4.04. The van der Waals surface area contributed by atoms with Gasteiger partial charge in [-0.1, -0.05) is 39.0 Å². The van der Waals surface area contributed by atoms with Gasteiger partial charge in [-0.2, -0.15) is 0 Å². The number of carbonyl (C=O) groups is 2. The van der Waals surface area contributed by atoms with Gasteiger partial charge in [0.1, 0.15) is 11.5 Å². The van der Waals surface area contributed by atoms with E-state index in [1.165, 1.54) is 32.1 Å². The van der Waals surface area contributed by atoms with E-state index in [0.29, 0.717) is 18.7 Å². The van der Waals surface area contributed by atoms with E-state index in [1.54, 1.807) is 12.3 Å². The Balaban J connectivity index is 1.32. The fraction of sp³-hybridized carbons (Fsp3) is 0.520. The summed E-state index contributed by atoms with van der Waals surface area (Å²) < 4.78 is 11.1. The zero-order chi connectivity index (χ0) is 21.9. The van der Waals surface area contributed by atoms with E-state index < -0.39 is 0 Å². The molecule has 31 heavy (non-hydrogen) atoms. The van der Waals surface area contributed by atoms with Crippen molar-refractivity contribution in [1.29, 1.82) is 0 Å². The van der Waals surface area contributed by atoms with Crippen LogP contribution >= 0.6 is 0 Å². The number of furan rings is 1. The maximum absolute atomic E-state index is 12.3. The van der Waals surface area contributed by atoms with E-state index >= 15 is 0 Å². The summed E-state index contributed by atoms with van der Waals surface area (Å²) in [7, 11) is 0. The maximum atomic E-state index is 12.3. The summed E-state index contributed by atoms with van der Waals surface area (Å²) >= 11 is 0. The van der Waals surface area contributed by atoms with E-state index in [-0.39, 0.29) is 24.2 Å². The summed E-state index contributed by atoms with van der Waals surface area (Å²) in [5, 5.41) is 5.70. The Kier molecular flexibility index (Phi) is 9.00. The number of nitrogens with one attached hydrogen (secondary N) is 2. The largest absolute Gasteiger partial charge is 0.494 e. The molecule has 1 aromatic carbocycles. The van der Waals surface area contributed by atoms with Crippen molar-refractivity contribution in [3.05, 3.63) is 48.4 Å². The number of hydrogen-bond acceptors (Lipinski definition) is 4. The molecule has 0 saturated heterocycles. The maximum Gasteiger partial charge on any atom is 0.224 e. The van der Waals surface area contributed by atoms with Gasteiger partial charge >= 0.3 is 0 Å². The molecule has 168 valence electrons. The van der Waals surface area contributed by atoms with Crippen LogP contribution in [-0.4, -0.2) is 18.4 Å². The quantitative estimate of drug-likeness (QED) is 0.511. The van der Waals surface area contributed by atoms with E-state index in [2.05, 4.69) is 10.6 Å². The minimum Gasteiger partial charge on any atom is -0.494 e. The molecule has 0 radical (unpaired) electrons. The molecule has 0 aliphatic heterocycles. The van der Waals surface area contributed by atoms with Gasteiger partial charge in [0.2, 0.25) is 11.8 Å². The Morgan fingerprint density at radius 1 is 1.06 bits per heavy atom. The van der Waals surface area contributed by atoms with Crippen molar-refractivity contribution in [2.75, 3.05) is 11.9 Å². The molecule has 1 atom stereocenters. The molecule has 1 heterocycles. The monoisotopic (exact) mass is 426 g/mol. The lowest BCUT2D eigenvalue weighted by Gasteiger charge is -2.21. The molecule has 0 unspecified atom stereocenters. The number of amides is 2. The molecule has 6 nitrogen and oxygen atoms in total. The van der Waals surface area contributed by atoms with Crippen molar-refractivity contribution in [2.45, 2.75) is 64.8 Å². The van der Waals surface area contributed by atoms with Crippen molar-refractivity contribution in [3.8, 4) is 5.75 Å². The standard InChI is InChI=1S/C25H34N2O4/c1-19(16-24(28)26-18-23-8-5-14-30-23)17-25(29)27-21-9-11-22(12-10-21)31-15-13-20-6-3-2-4-7-20/h5,8-12,14,19-20H,2-4,6-7,13,15-18H2,1H3,(H,26,28)(H,27,29)/t19-/m1/s1. The average molecular weight is 427 g/mol. The predicted octanol–water partition coefficient (Wildman–Crippen LogP) is 5.30. The summed E-state index contributed by atoms with van der Waals surface area (Å²) in [5.41, 5.74) is 0.735. The minimum absolute atomic E-state index is 0.0565. The normalized spacial score (nSPS) is 15.3. The first-order chi connectivity index (χ1) is 15.1. The van der Waals surface area contributed by atoms with Gasteiger partial charge in [0, 0.05) is 18.5 Å². The highest BCUT2D eigenvalue weighted by molar-refractivity contribution is 5.91. The van der Waals surface area contributed by atoms with Crippen LogP contribution < -0.4 is 15.4 Å². The van der Waals surface area contributed by atoms with Crippen molar-refractivity contribution in [1.82, 2.24) is 5.32 Å². The molecule has 1 aliphatic rings. The topological polar surface area (TPSA) is 80.6 Å². The van der Waals surface area contributed by atoms with Gasteiger partial charge in [-0.25, -0.2) is 0 Å². The van der Waals surface area contributed by atoms with Gasteiger partial charge in [0.05, 0.1) is 19.4 Å². The number of anilines is 1. The molecule has 0 spiro atoms. The second kappa shape index (κ2) is 12.2. The molecule has 1 saturated carbocycles. The summed E-state index contributed by atoms with van der Waals surface area (Å²) in [6.07, 6.45) is 10.0. The van der Waals surface area contributed by atoms with Gasteiger partial charge < -0.3 is 19.8 Å². The lowest BCUT2D eigenvalue weighted by atomic mass is 9.87. The second-order valence-electron chi connectivity index (χ2n) is 8.58. The van der Waals surface area contributed by atoms with Crippen LogP contribution in [0.4, 0.5) is 5.69 Å². The third-order valence-electron chi connectivity index (χ3n) is 5.77. The van der Waals surface area contributed by atoms with Gasteiger partial charge in [0.15, 0.2) is 0 Å². The molecular weight excluding hydrogens is 392 g/mol. The van der Waals surface area contributed by atoms with Crippen molar-refractivity contribution in [2.24, 2.45) is 11.8 Å². The van der Waals surface area contributed by atoms with Crippen molar-refractivity contribution >= 4 is 17.5 Å². The first kappa shape index (κ1) is 22.9. The lowest BCUT2D eigenvalue weighted by molar-refractivity contribution is -0.122. The van der Waals surface area contributed by atoms with E-state index in [0.717, 1.165) is 30.4 Å². The Morgan fingerprint density at radius 2 is 1.81 bits per heavy atom. The second-order valence-corrected chi connectivity index (χ2v) is 8.58. The number of rotatable bonds is 11. The Hall–Kier alpha value is -2.76. The zero-order valence-corrected chi connectivity index (χ0v) is 18.4. The molecule has 6 heteroatoms. The van der Waals surface area contributed by atoms with Crippen molar-refractivity contribution < 1.29 is 18.7 Å². The summed E-state index contributed by atoms with van der Waals surface area (Å²) in [6.45, 7) is 3.00. The highest BCUT2D eigenvalue weighted by Crippen LogP contribution is 2.26. The van der Waals surface area contributed by atoms with E-state index in [1.807, 2.05) is 37.3 Å². The lowest BCUT2D eigenvalue weighted by Crippen LogP contribution is -2.25. The third-order valence-corrected chi connectivity index (χ3v) is 5.77. The van der Waals surface area contributed by atoms with Gasteiger partial charge in [-0.05, 0) is 54.7 Å². The van der Waals surface area contributed by atoms with Gasteiger partial charge in [-0.3, -0.25) is 9.59 Å². The first-order valence-corrected chi connectivity index (χ1v) is 11.4. The zero-order valence-electron chi connectivity index (χ0n) is 18.4. The average Bonchev–Trinajstić information content (AvgIpc) is 3.28. The summed E-state index contributed by atoms with van der Waals surface area (Å²) in [4.78, 5) is 24.3. The molecule has 3 rings (SSSR count). The highest BCUT2D eigenvalue weighted by atomic mass is 16.5. The minimum atomic E-state index is -0.0997. The SMILES string of the molecule is C[C@H](CC(=O)NCc1ccco1)CC(=O)Nc1ccc(OCCC2CCCCC2)cc1. The third kappa shape index (κ3) is 8.48. The molecule has 1 aliphatic carbocycles. The predicted molar refractivity (Wildman–Crippen MR) is 121 cm³/mol. The molecule has 1 fully saturated rings. The van der Waals surface area contributed by atoms with Crippen molar-refractivity contribution in [3.63, 3.8) is 0 Å². The van der Waals surface area contributed by atoms with Crippen LogP contribution in [0.1, 0.15) is 64.1 Å². The molecule has 2 aromatic rings. The van der Waals surface area contributed by atoms with Gasteiger partial charge in [-0.15, -0.1) is 0 Å². The molecule has 2 amide bonds. The number of carbonyl (C=O) groups excluding carboxylic acids is 2. The van der Waals surface area contributed by atoms with Crippen LogP contribution in [0.2, 0.25) is 0 Å². The number of benzene rings is 1. The fourth-order valence-corrected chi connectivity index (χ4v) is 4.04. The molecule has 2 N–H and O–H groups in total. The van der Waals surface area contributed by atoms with E-state index in [9.17, 15) is 9.59 Å². The Bertz CT molecular complexity index is 795. The Morgan fingerprint density at radius 3 is 2.52 bits per heavy atom. The van der Waals surface area contributed by atoms with E-state index in [4.69, 9.17) is 9.15 Å². The Labute approximate surface area is 184 Å². The summed E-state index contributed by atoms with van der Waals surface area (Å²) in [6, 6.07) is 11.1. The van der Waals surface area contributed by atoms with Crippen LogP contribution in [0, 0.1) is 11.8 Å². The van der Waals surface area contributed by atoms with Crippen LogP contribution in [0.15, 0.2) is 47.1 Å². The highest BCUT2D eigenvalue weighted by Gasteiger charge is 2.15. The molecular formula is C25H34N2O4. The van der Waals surface area contributed by atoms with Gasteiger partial charge in [0.25, 0.3) is 0 Å². The molecule has 0 bridgehead atoms. The summed E-state index contributed by atoms with van der Waals surface area (Å²) in [5.74, 6) is 2.10. The number of hydrogen-bond donors (Lipinski definition) is 2. The smallest absolute Gasteiger partial charge is 0.224 e. The first-order valence-electron chi connectivity index (χ1n) is 11.4.